The standard InChI is InChI=1S/C22H27BN6O2/c1-12(2)29(11-24)20(25)17-5-4-6-19(26-17)28-22(31)15-10-18(13(3)9-16(15)23)27-21(30)14-7-8-14/h4-6,9-12,14,24-25H,7-8,23H2,1-3H3,(H,27,30)(H,26,28,31). The number of amidine groups is 1. The zero-order chi connectivity index (χ0) is 22.7. The molecule has 1 aromatic heterocycles. The number of hydrogen-bond acceptors (Lipinski definition) is 5. The summed E-state index contributed by atoms with van der Waals surface area (Å²) in [5.41, 5.74) is 3.13. The molecule has 1 aromatic carbocycles. The number of aromatic nitrogens is 1. The summed E-state index contributed by atoms with van der Waals surface area (Å²) in [6, 6.07) is 8.53. The Morgan fingerprint density at radius 1 is 1.26 bits per heavy atom. The van der Waals surface area contributed by atoms with Gasteiger partial charge in [-0.15, -0.1) is 0 Å². The molecule has 1 saturated carbocycles. The zero-order valence-electron chi connectivity index (χ0n) is 18.2. The van der Waals surface area contributed by atoms with Crippen LogP contribution in [0.2, 0.25) is 0 Å². The molecule has 0 saturated heterocycles. The summed E-state index contributed by atoms with van der Waals surface area (Å²) >= 11 is 0. The van der Waals surface area contributed by atoms with Crippen LogP contribution < -0.4 is 16.1 Å². The van der Waals surface area contributed by atoms with E-state index in [4.69, 9.17) is 10.8 Å². The molecule has 0 bridgehead atoms. The minimum atomic E-state index is -0.344. The van der Waals surface area contributed by atoms with Crippen molar-refractivity contribution >= 4 is 48.8 Å². The number of carbonyl (C=O) groups is 2. The van der Waals surface area contributed by atoms with Gasteiger partial charge in [-0.2, -0.15) is 0 Å². The number of hydrogen-bond donors (Lipinski definition) is 4. The summed E-state index contributed by atoms with van der Waals surface area (Å²) in [5.74, 6) is 0.115. The monoisotopic (exact) mass is 418 g/mol. The van der Waals surface area contributed by atoms with Crippen LogP contribution in [0.1, 0.15) is 48.3 Å². The molecule has 2 aromatic rings. The van der Waals surface area contributed by atoms with E-state index in [0.29, 0.717) is 22.8 Å². The first-order valence-corrected chi connectivity index (χ1v) is 10.3. The number of pyridine rings is 1. The van der Waals surface area contributed by atoms with Crippen molar-refractivity contribution in [3.8, 4) is 0 Å². The van der Waals surface area contributed by atoms with E-state index < -0.39 is 0 Å². The Kier molecular flexibility index (Phi) is 6.53. The number of anilines is 2. The van der Waals surface area contributed by atoms with E-state index in [1.54, 1.807) is 24.3 Å². The molecule has 0 aliphatic heterocycles. The summed E-state index contributed by atoms with van der Waals surface area (Å²) in [4.78, 5) is 30.9. The maximum atomic E-state index is 12.9. The molecule has 1 heterocycles. The minimum absolute atomic E-state index is 0.00732. The van der Waals surface area contributed by atoms with E-state index in [0.717, 1.165) is 30.2 Å². The highest BCUT2D eigenvalue weighted by Crippen LogP contribution is 2.30. The average molecular weight is 418 g/mol. The molecule has 160 valence electrons. The molecule has 31 heavy (non-hydrogen) atoms. The summed E-state index contributed by atoms with van der Waals surface area (Å²) in [7, 11) is 1.85. The van der Waals surface area contributed by atoms with Crippen LogP contribution in [0, 0.1) is 23.7 Å². The first-order valence-electron chi connectivity index (χ1n) is 10.3. The van der Waals surface area contributed by atoms with Gasteiger partial charge in [-0.1, -0.05) is 17.6 Å². The maximum absolute atomic E-state index is 12.9. The van der Waals surface area contributed by atoms with Crippen molar-refractivity contribution in [3.05, 3.63) is 47.2 Å². The number of carbonyl (C=O) groups excluding carboxylic acids is 2. The van der Waals surface area contributed by atoms with Crippen LogP contribution in [0.3, 0.4) is 0 Å². The SMILES string of the molecule is Bc1cc(C)c(NC(=O)C2CC2)cc1C(=O)Nc1cccc(C(=N)N(C=N)C(C)C)n1. The predicted molar refractivity (Wildman–Crippen MR) is 125 cm³/mol. The Labute approximate surface area is 182 Å². The van der Waals surface area contributed by atoms with Gasteiger partial charge in [0.15, 0.2) is 5.84 Å². The fourth-order valence-electron chi connectivity index (χ4n) is 3.24. The highest BCUT2D eigenvalue weighted by atomic mass is 16.2. The predicted octanol–water partition coefficient (Wildman–Crippen LogP) is 1.89. The van der Waals surface area contributed by atoms with Gasteiger partial charge >= 0.3 is 0 Å². The molecule has 4 N–H and O–H groups in total. The molecular weight excluding hydrogens is 391 g/mol. The lowest BCUT2D eigenvalue weighted by Crippen LogP contribution is -2.36. The number of rotatable bonds is 7. The van der Waals surface area contributed by atoms with Crippen molar-refractivity contribution < 1.29 is 9.59 Å². The lowest BCUT2D eigenvalue weighted by Gasteiger charge is -2.23. The number of benzene rings is 1. The fourth-order valence-corrected chi connectivity index (χ4v) is 3.24. The molecule has 8 nitrogen and oxygen atoms in total. The minimum Gasteiger partial charge on any atom is -0.326 e. The van der Waals surface area contributed by atoms with Crippen molar-refractivity contribution in [2.24, 2.45) is 5.92 Å². The maximum Gasteiger partial charge on any atom is 0.256 e. The molecule has 3 rings (SSSR count). The summed E-state index contributed by atoms with van der Waals surface area (Å²) in [6.07, 6.45) is 2.91. The molecule has 1 aliphatic rings. The first-order chi connectivity index (χ1) is 14.7. The molecule has 0 unspecified atom stereocenters. The quantitative estimate of drug-likeness (QED) is 0.312. The fraction of sp³-hybridized carbons (Fsp3) is 0.318. The molecule has 0 atom stereocenters. The molecule has 2 amide bonds. The van der Waals surface area contributed by atoms with Crippen LogP contribution in [0.5, 0.6) is 0 Å². The Morgan fingerprint density at radius 3 is 2.58 bits per heavy atom. The third-order valence-electron chi connectivity index (χ3n) is 5.21. The van der Waals surface area contributed by atoms with Crippen LogP contribution in [0.25, 0.3) is 0 Å². The smallest absolute Gasteiger partial charge is 0.256 e. The van der Waals surface area contributed by atoms with Gasteiger partial charge in [-0.25, -0.2) is 4.98 Å². The topological polar surface area (TPSA) is 122 Å². The van der Waals surface area contributed by atoms with Crippen LogP contribution in [0.4, 0.5) is 11.5 Å². The second-order valence-electron chi connectivity index (χ2n) is 8.09. The van der Waals surface area contributed by atoms with E-state index >= 15 is 0 Å². The van der Waals surface area contributed by atoms with Gasteiger partial charge < -0.3 is 15.5 Å². The van der Waals surface area contributed by atoms with Crippen LogP contribution in [-0.4, -0.2) is 47.8 Å². The Bertz CT molecular complexity index is 1050. The van der Waals surface area contributed by atoms with Gasteiger partial charge in [0, 0.05) is 23.2 Å². The zero-order valence-corrected chi connectivity index (χ0v) is 18.2. The lowest BCUT2D eigenvalue weighted by molar-refractivity contribution is -0.117. The van der Waals surface area contributed by atoms with Crippen molar-refractivity contribution in [1.82, 2.24) is 9.88 Å². The Morgan fingerprint density at radius 2 is 1.97 bits per heavy atom. The highest BCUT2D eigenvalue weighted by Gasteiger charge is 2.30. The van der Waals surface area contributed by atoms with Gasteiger partial charge in [0.05, 0.1) is 6.34 Å². The Balaban J connectivity index is 1.80. The van der Waals surface area contributed by atoms with Crippen LogP contribution in [0.15, 0.2) is 30.3 Å². The molecular formula is C22H27BN6O2. The third kappa shape index (κ3) is 5.17. The van der Waals surface area contributed by atoms with Gasteiger partial charge in [0.2, 0.25) is 5.91 Å². The summed E-state index contributed by atoms with van der Waals surface area (Å²) in [5, 5.41) is 21.5. The van der Waals surface area contributed by atoms with Gasteiger partial charge in [0.25, 0.3) is 5.91 Å². The van der Waals surface area contributed by atoms with Gasteiger partial charge in [-0.05, 0) is 57.4 Å². The second kappa shape index (κ2) is 9.12. The van der Waals surface area contributed by atoms with E-state index in [-0.39, 0.29) is 29.6 Å². The largest absolute Gasteiger partial charge is 0.326 e. The first kappa shape index (κ1) is 22.2. The molecule has 9 heteroatoms. The average Bonchev–Trinajstić information content (AvgIpc) is 3.55. The van der Waals surface area contributed by atoms with Crippen LogP contribution in [-0.2, 0) is 4.79 Å². The molecule has 0 spiro atoms. The van der Waals surface area contributed by atoms with Crippen molar-refractivity contribution in [3.63, 3.8) is 0 Å². The summed E-state index contributed by atoms with van der Waals surface area (Å²) in [6.45, 7) is 5.66. The van der Waals surface area contributed by atoms with Crippen molar-refractivity contribution in [1.29, 1.82) is 10.8 Å². The molecule has 0 radical (unpaired) electrons. The normalized spacial score (nSPS) is 12.9. The third-order valence-corrected chi connectivity index (χ3v) is 5.21. The molecule has 1 fully saturated rings. The highest BCUT2D eigenvalue weighted by molar-refractivity contribution is 6.37. The van der Waals surface area contributed by atoms with Gasteiger partial charge in [-0.3, -0.25) is 20.4 Å². The number of amides is 2. The van der Waals surface area contributed by atoms with E-state index in [1.165, 1.54) is 4.90 Å². The van der Waals surface area contributed by atoms with Crippen molar-refractivity contribution in [2.75, 3.05) is 10.6 Å². The van der Waals surface area contributed by atoms with Gasteiger partial charge in [0.1, 0.15) is 19.4 Å². The van der Waals surface area contributed by atoms with Crippen molar-refractivity contribution in [2.45, 2.75) is 39.7 Å². The number of nitrogens with zero attached hydrogens (tertiary/aromatic N) is 2. The second-order valence-corrected chi connectivity index (χ2v) is 8.09. The Hall–Kier alpha value is -3.49. The summed E-state index contributed by atoms with van der Waals surface area (Å²) < 4.78 is 0. The lowest BCUT2D eigenvalue weighted by atomic mass is 9.88. The number of nitrogens with one attached hydrogen (secondary N) is 4. The van der Waals surface area contributed by atoms with E-state index in [2.05, 4.69) is 15.6 Å². The number of aryl methyl sites for hydroxylation is 1. The van der Waals surface area contributed by atoms with E-state index in [9.17, 15) is 9.59 Å². The van der Waals surface area contributed by atoms with E-state index in [1.807, 2.05) is 34.7 Å². The molecule has 1 aliphatic carbocycles. The van der Waals surface area contributed by atoms with Crippen LogP contribution >= 0.6 is 0 Å².